The van der Waals surface area contributed by atoms with Crippen molar-refractivity contribution in [3.63, 3.8) is 0 Å². The average Bonchev–Trinajstić information content (AvgIpc) is 3.37. The van der Waals surface area contributed by atoms with Gasteiger partial charge in [0.1, 0.15) is 5.82 Å². The summed E-state index contributed by atoms with van der Waals surface area (Å²) in [6.07, 6.45) is 1.76. The quantitative estimate of drug-likeness (QED) is 0.198. The second kappa shape index (κ2) is 10.6. The van der Waals surface area contributed by atoms with Crippen LogP contribution in [0.2, 0.25) is 5.02 Å². The highest BCUT2D eigenvalue weighted by Crippen LogP contribution is 2.66. The van der Waals surface area contributed by atoms with E-state index in [1.807, 2.05) is 13.0 Å². The Morgan fingerprint density at radius 3 is 2.26 bits per heavy atom. The van der Waals surface area contributed by atoms with Gasteiger partial charge in [-0.25, -0.2) is 14.2 Å². The van der Waals surface area contributed by atoms with Crippen molar-refractivity contribution < 1.29 is 33.4 Å². The van der Waals surface area contributed by atoms with Gasteiger partial charge >= 0.3 is 0 Å². The molecule has 3 aromatic carbocycles. The maximum atomic E-state index is 14.4. The summed E-state index contributed by atoms with van der Waals surface area (Å²) >= 11 is 21.1. The fourth-order valence-corrected chi connectivity index (χ4v) is 8.73. The Hall–Kier alpha value is -3.92. The lowest BCUT2D eigenvalue weighted by Crippen LogP contribution is -2.60. The van der Waals surface area contributed by atoms with Gasteiger partial charge in [0.25, 0.3) is 11.8 Å². The molecule has 3 fully saturated rings. The van der Waals surface area contributed by atoms with E-state index >= 15 is 0 Å². The zero-order valence-corrected chi connectivity index (χ0v) is 26.7. The number of allylic oxidation sites excluding steroid dienone is 2. The molecule has 4 amide bonds. The van der Waals surface area contributed by atoms with Crippen molar-refractivity contribution >= 4 is 69.8 Å². The first kappa shape index (κ1) is 30.7. The molecule has 7 rings (SSSR count). The van der Waals surface area contributed by atoms with E-state index in [1.54, 1.807) is 24.3 Å². The van der Waals surface area contributed by atoms with Gasteiger partial charge in [0.2, 0.25) is 11.8 Å². The van der Waals surface area contributed by atoms with Crippen LogP contribution >= 0.6 is 34.8 Å². The second-order valence-electron chi connectivity index (χ2n) is 12.1. The third-order valence-electron chi connectivity index (χ3n) is 9.85. The van der Waals surface area contributed by atoms with Crippen LogP contribution in [0.3, 0.4) is 0 Å². The first-order chi connectivity index (χ1) is 21.8. The molecule has 4 aliphatic rings. The molecule has 2 heterocycles. The molecule has 3 aromatic rings. The van der Waals surface area contributed by atoms with Gasteiger partial charge in [0, 0.05) is 10.9 Å². The Morgan fingerprint density at radius 2 is 1.59 bits per heavy atom. The fraction of sp³-hybridized carbons (Fsp3) is 0.294. The molecule has 236 valence electrons. The number of imide groups is 2. The highest BCUT2D eigenvalue weighted by molar-refractivity contribution is 6.58. The number of nitrogens with zero attached hydrogens (tertiary/aromatic N) is 2. The zero-order valence-electron chi connectivity index (χ0n) is 24.5. The Morgan fingerprint density at radius 1 is 0.891 bits per heavy atom. The molecule has 2 saturated heterocycles. The van der Waals surface area contributed by atoms with Crippen LogP contribution in [0.5, 0.6) is 11.5 Å². The molecule has 6 atom stereocenters. The minimum absolute atomic E-state index is 0.0808. The summed E-state index contributed by atoms with van der Waals surface area (Å²) in [6.45, 7) is 1.81. The lowest BCUT2D eigenvalue weighted by Gasteiger charge is -2.50. The molecule has 1 N–H and O–H groups in total. The minimum Gasteiger partial charge on any atom is -0.504 e. The number of amides is 4. The first-order valence-electron chi connectivity index (χ1n) is 14.6. The number of phenolic OH excluding ortho intramolecular Hbond substituents is 1. The van der Waals surface area contributed by atoms with Crippen molar-refractivity contribution in [1.29, 1.82) is 0 Å². The number of aryl methyl sites for hydroxylation is 1. The van der Waals surface area contributed by atoms with Crippen molar-refractivity contribution in [3.05, 3.63) is 94.3 Å². The largest absolute Gasteiger partial charge is 0.504 e. The number of aromatic hydroxyl groups is 1. The summed E-state index contributed by atoms with van der Waals surface area (Å²) in [4.78, 5) is 54.6. The van der Waals surface area contributed by atoms with Crippen molar-refractivity contribution in [2.45, 2.75) is 35.4 Å². The van der Waals surface area contributed by atoms with Gasteiger partial charge in [-0.3, -0.25) is 19.2 Å². The molecule has 8 nitrogen and oxygen atoms in total. The SMILES string of the molecule is COc1cc(C2C3=CCC4C(=O)N(c5ccc(C)c(Cl)c5)C(=O)C4C3CC3(Cl)C(=O)N(c4ccc(F)cc4)C(=O)C23Cl)ccc1O. The topological polar surface area (TPSA) is 104 Å². The van der Waals surface area contributed by atoms with Gasteiger partial charge in [-0.15, -0.1) is 23.2 Å². The predicted molar refractivity (Wildman–Crippen MR) is 170 cm³/mol. The van der Waals surface area contributed by atoms with Crippen LogP contribution in [0.1, 0.15) is 29.9 Å². The van der Waals surface area contributed by atoms with Crippen LogP contribution in [0, 0.1) is 30.5 Å². The van der Waals surface area contributed by atoms with E-state index < -0.39 is 62.9 Å². The molecule has 1 saturated carbocycles. The van der Waals surface area contributed by atoms with Crippen LogP contribution in [0.4, 0.5) is 15.8 Å². The third kappa shape index (κ3) is 4.04. The number of methoxy groups -OCH3 is 1. The van der Waals surface area contributed by atoms with E-state index in [4.69, 9.17) is 39.5 Å². The number of carbonyl (C=O) groups excluding carboxylic acids is 4. The van der Waals surface area contributed by atoms with Crippen LogP contribution in [-0.2, 0) is 19.2 Å². The molecule has 0 aromatic heterocycles. The molecular formula is C34H26Cl3FN2O6. The van der Waals surface area contributed by atoms with E-state index in [1.165, 1.54) is 31.4 Å². The number of phenols is 1. The minimum atomic E-state index is -2.10. The monoisotopic (exact) mass is 682 g/mol. The normalized spacial score (nSPS) is 30.3. The number of hydrogen-bond acceptors (Lipinski definition) is 6. The molecule has 6 unspecified atom stereocenters. The van der Waals surface area contributed by atoms with E-state index in [0.29, 0.717) is 21.8 Å². The Balaban J connectivity index is 1.40. The first-order valence-corrected chi connectivity index (χ1v) is 15.7. The van der Waals surface area contributed by atoms with Crippen LogP contribution in [0.15, 0.2) is 72.3 Å². The maximum Gasteiger partial charge on any atom is 0.258 e. The number of alkyl halides is 2. The summed E-state index contributed by atoms with van der Waals surface area (Å²) in [6, 6.07) is 14.2. The average molecular weight is 684 g/mol. The molecule has 12 heteroatoms. The number of carbonyl (C=O) groups is 4. The van der Waals surface area contributed by atoms with Crippen molar-refractivity contribution in [2.24, 2.45) is 17.8 Å². The lowest BCUT2D eigenvalue weighted by atomic mass is 9.56. The van der Waals surface area contributed by atoms with E-state index in [-0.39, 0.29) is 30.0 Å². The molecule has 2 aliphatic heterocycles. The Bertz CT molecular complexity index is 1900. The number of ether oxygens (including phenoxy) is 1. The Kier molecular flexibility index (Phi) is 7.05. The lowest BCUT2D eigenvalue weighted by molar-refractivity contribution is -0.125. The summed E-state index contributed by atoms with van der Waals surface area (Å²) in [5.74, 6) is -6.65. The maximum absolute atomic E-state index is 14.4. The van der Waals surface area contributed by atoms with Crippen LogP contribution in [0.25, 0.3) is 0 Å². The third-order valence-corrected chi connectivity index (χ3v) is 11.7. The summed E-state index contributed by atoms with van der Waals surface area (Å²) in [5.41, 5.74) is 2.18. The molecular weight excluding hydrogens is 658 g/mol. The number of fused-ring (bicyclic) bond motifs is 4. The summed E-state index contributed by atoms with van der Waals surface area (Å²) < 4.78 is 19.2. The highest BCUT2D eigenvalue weighted by Gasteiger charge is 2.76. The molecule has 46 heavy (non-hydrogen) atoms. The molecule has 0 spiro atoms. The van der Waals surface area contributed by atoms with E-state index in [9.17, 15) is 28.7 Å². The van der Waals surface area contributed by atoms with Gasteiger partial charge in [-0.05, 0) is 85.3 Å². The van der Waals surface area contributed by atoms with E-state index in [2.05, 4.69) is 0 Å². The van der Waals surface area contributed by atoms with Gasteiger partial charge < -0.3 is 9.84 Å². The predicted octanol–water partition coefficient (Wildman–Crippen LogP) is 6.27. The highest BCUT2D eigenvalue weighted by atomic mass is 35.5. The molecule has 0 radical (unpaired) electrons. The number of halogens is 4. The Labute approximate surface area is 278 Å². The number of anilines is 2. The number of hydrogen-bond donors (Lipinski definition) is 1. The van der Waals surface area contributed by atoms with Gasteiger partial charge in [0.15, 0.2) is 21.2 Å². The number of rotatable bonds is 4. The van der Waals surface area contributed by atoms with Gasteiger partial charge in [-0.2, -0.15) is 0 Å². The van der Waals surface area contributed by atoms with Crippen LogP contribution in [-0.4, -0.2) is 45.6 Å². The standard InChI is InChI=1S/C34H26Cl3FN2O6/c1-16-3-7-20(14-24(16)35)39-29(42)22-11-10-21-23(27(22)30(39)43)15-33(36)31(44)40(19-8-5-18(38)6-9-19)32(45)34(33,37)28(21)17-4-12-25(41)26(13-17)46-2/h3-10,12-14,22-23,27-28,41H,11,15H2,1-2H3. The molecule has 0 bridgehead atoms. The second-order valence-corrected chi connectivity index (χ2v) is 13.8. The van der Waals surface area contributed by atoms with E-state index in [0.717, 1.165) is 27.5 Å². The van der Waals surface area contributed by atoms with Crippen molar-refractivity contribution in [1.82, 2.24) is 0 Å². The number of benzene rings is 3. The van der Waals surface area contributed by atoms with Gasteiger partial charge in [-0.1, -0.05) is 35.4 Å². The van der Waals surface area contributed by atoms with Crippen molar-refractivity contribution in [2.75, 3.05) is 16.9 Å². The smallest absolute Gasteiger partial charge is 0.258 e. The zero-order chi connectivity index (χ0) is 32.9. The van der Waals surface area contributed by atoms with Crippen molar-refractivity contribution in [3.8, 4) is 11.5 Å². The fourth-order valence-electron chi connectivity index (χ4n) is 7.62. The van der Waals surface area contributed by atoms with Gasteiger partial charge in [0.05, 0.1) is 30.3 Å². The molecule has 2 aliphatic carbocycles. The summed E-state index contributed by atoms with van der Waals surface area (Å²) in [5, 5.41) is 10.8. The van der Waals surface area contributed by atoms with Crippen LogP contribution < -0.4 is 14.5 Å². The summed E-state index contributed by atoms with van der Waals surface area (Å²) in [7, 11) is 1.37.